The Labute approximate surface area is 155 Å². The van der Waals surface area contributed by atoms with Crippen LogP contribution in [0.25, 0.3) is 0 Å². The van der Waals surface area contributed by atoms with Gasteiger partial charge >= 0.3 is 0 Å². The maximum atomic E-state index is 10.7. The first kappa shape index (κ1) is 24.8. The average molecular weight is 380 g/mol. The lowest BCUT2D eigenvalue weighted by molar-refractivity contribution is 0.141. The Morgan fingerprint density at radius 1 is 0.800 bits per heavy atom. The van der Waals surface area contributed by atoms with Gasteiger partial charge in [0.25, 0.3) is 10.1 Å². The largest absolute Gasteiger partial charge is 0.391 e. The van der Waals surface area contributed by atoms with Gasteiger partial charge in [-0.25, -0.2) is 0 Å². The number of hydrogen-bond acceptors (Lipinski definition) is 4. The molecule has 6 heteroatoms. The van der Waals surface area contributed by atoms with Crippen LogP contribution < -0.4 is 0 Å². The highest BCUT2D eigenvalue weighted by atomic mass is 32.2. The molecule has 2 N–H and O–H groups in total. The molecular formula is C19H41NO4S. The molecule has 152 valence electrons. The molecule has 0 amide bonds. The fourth-order valence-electron chi connectivity index (χ4n) is 3.15. The first-order valence-electron chi connectivity index (χ1n) is 10.2. The molecule has 0 spiro atoms. The van der Waals surface area contributed by atoms with E-state index in [1.807, 2.05) is 11.9 Å². The zero-order chi connectivity index (χ0) is 19.0. The monoisotopic (exact) mass is 379 g/mol. The molecule has 0 aromatic rings. The van der Waals surface area contributed by atoms with Gasteiger partial charge in [-0.1, -0.05) is 84.0 Å². The first-order valence-corrected chi connectivity index (χ1v) is 11.8. The van der Waals surface area contributed by atoms with Crippen LogP contribution in [-0.4, -0.2) is 55.0 Å². The Bertz CT molecular complexity index is 387. The van der Waals surface area contributed by atoms with Gasteiger partial charge in [-0.2, -0.15) is 8.42 Å². The minimum atomic E-state index is -4.09. The zero-order valence-electron chi connectivity index (χ0n) is 16.5. The zero-order valence-corrected chi connectivity index (χ0v) is 17.3. The van der Waals surface area contributed by atoms with Crippen molar-refractivity contribution in [3.05, 3.63) is 0 Å². The van der Waals surface area contributed by atoms with Crippen LogP contribution >= 0.6 is 0 Å². The molecule has 0 aliphatic rings. The van der Waals surface area contributed by atoms with Gasteiger partial charge < -0.3 is 10.0 Å². The molecule has 0 aliphatic heterocycles. The number of rotatable bonds is 18. The molecule has 0 saturated carbocycles. The van der Waals surface area contributed by atoms with Crippen molar-refractivity contribution in [2.45, 2.75) is 96.5 Å². The molecular weight excluding hydrogens is 338 g/mol. The van der Waals surface area contributed by atoms with E-state index in [1.165, 1.54) is 77.0 Å². The third kappa shape index (κ3) is 20.0. The van der Waals surface area contributed by atoms with Crippen LogP contribution in [0.2, 0.25) is 0 Å². The molecule has 0 fully saturated rings. The molecule has 0 aromatic carbocycles. The van der Waals surface area contributed by atoms with E-state index < -0.39 is 22.0 Å². The van der Waals surface area contributed by atoms with Crippen LogP contribution in [0.4, 0.5) is 0 Å². The van der Waals surface area contributed by atoms with Crippen molar-refractivity contribution in [2.24, 2.45) is 0 Å². The summed E-state index contributed by atoms with van der Waals surface area (Å²) in [5, 5.41) is 9.58. The smallest absolute Gasteiger partial charge is 0.267 e. The summed E-state index contributed by atoms with van der Waals surface area (Å²) in [6.07, 6.45) is 16.1. The van der Waals surface area contributed by atoms with Gasteiger partial charge in [0.1, 0.15) is 5.75 Å². The highest BCUT2D eigenvalue weighted by molar-refractivity contribution is 7.85. The van der Waals surface area contributed by atoms with E-state index in [4.69, 9.17) is 4.55 Å². The summed E-state index contributed by atoms with van der Waals surface area (Å²) in [4.78, 5) is 1.92. The second kappa shape index (κ2) is 16.0. The van der Waals surface area contributed by atoms with Crippen molar-refractivity contribution in [2.75, 3.05) is 25.9 Å². The molecule has 1 unspecified atom stereocenters. The average Bonchev–Trinajstić information content (AvgIpc) is 2.49. The minimum absolute atomic E-state index is 0.276. The topological polar surface area (TPSA) is 77.8 Å². The molecule has 0 saturated heterocycles. The fraction of sp³-hybridized carbons (Fsp3) is 1.00. The lowest BCUT2D eigenvalue weighted by Crippen LogP contribution is -2.34. The molecule has 0 rings (SSSR count). The summed E-state index contributed by atoms with van der Waals surface area (Å²) < 4.78 is 30.1. The predicted molar refractivity (Wildman–Crippen MR) is 106 cm³/mol. The van der Waals surface area contributed by atoms with E-state index in [2.05, 4.69) is 6.92 Å². The number of nitrogens with zero attached hydrogens (tertiary/aromatic N) is 1. The van der Waals surface area contributed by atoms with Crippen molar-refractivity contribution in [3.8, 4) is 0 Å². The van der Waals surface area contributed by atoms with Crippen molar-refractivity contribution in [1.82, 2.24) is 4.90 Å². The second-order valence-electron chi connectivity index (χ2n) is 7.41. The maximum absolute atomic E-state index is 10.7. The van der Waals surface area contributed by atoms with Gasteiger partial charge in [-0.05, 0) is 20.0 Å². The second-order valence-corrected chi connectivity index (χ2v) is 8.90. The molecule has 0 heterocycles. The van der Waals surface area contributed by atoms with Crippen LogP contribution in [0.1, 0.15) is 90.4 Å². The van der Waals surface area contributed by atoms with Gasteiger partial charge in [0.05, 0.1) is 6.10 Å². The van der Waals surface area contributed by atoms with E-state index in [9.17, 15) is 13.5 Å². The predicted octanol–water partition coefficient (Wildman–Crippen LogP) is 4.26. The minimum Gasteiger partial charge on any atom is -0.391 e. The van der Waals surface area contributed by atoms with E-state index in [0.717, 1.165) is 13.0 Å². The number of likely N-dealkylation sites (N-methyl/N-ethyl adjacent to an activating group) is 1. The Balaban J connectivity index is 3.32. The standard InChI is InChI=1S/C19H41NO4S/c1-3-4-5-6-7-8-9-10-11-12-13-14-15-16-20(2)17-19(21)18-25(22,23)24/h19,21H,3-18H2,1-2H3,(H,22,23,24). The molecule has 0 radical (unpaired) electrons. The normalized spacial score (nSPS) is 13.5. The third-order valence-electron chi connectivity index (χ3n) is 4.57. The SMILES string of the molecule is CCCCCCCCCCCCCCCN(C)CC(O)CS(=O)(=O)O. The van der Waals surface area contributed by atoms with E-state index in [1.54, 1.807) is 0 Å². The van der Waals surface area contributed by atoms with Crippen LogP contribution in [-0.2, 0) is 10.1 Å². The van der Waals surface area contributed by atoms with E-state index >= 15 is 0 Å². The quantitative estimate of drug-likeness (QED) is 0.275. The first-order chi connectivity index (χ1) is 11.8. The maximum Gasteiger partial charge on any atom is 0.267 e. The summed E-state index contributed by atoms with van der Waals surface area (Å²) in [7, 11) is -2.23. The van der Waals surface area contributed by atoms with Crippen LogP contribution in [0, 0.1) is 0 Å². The molecule has 25 heavy (non-hydrogen) atoms. The van der Waals surface area contributed by atoms with Crippen molar-refractivity contribution >= 4 is 10.1 Å². The summed E-state index contributed by atoms with van der Waals surface area (Å²) in [5.41, 5.74) is 0. The van der Waals surface area contributed by atoms with Gasteiger partial charge in [-0.15, -0.1) is 0 Å². The van der Waals surface area contributed by atoms with Crippen molar-refractivity contribution < 1.29 is 18.1 Å². The molecule has 0 aliphatic carbocycles. The Hall–Kier alpha value is -0.170. The Kier molecular flexibility index (Phi) is 15.9. The van der Waals surface area contributed by atoms with Crippen LogP contribution in [0.15, 0.2) is 0 Å². The van der Waals surface area contributed by atoms with Gasteiger partial charge in [-0.3, -0.25) is 4.55 Å². The van der Waals surface area contributed by atoms with Gasteiger partial charge in [0, 0.05) is 6.54 Å². The van der Waals surface area contributed by atoms with Crippen molar-refractivity contribution in [3.63, 3.8) is 0 Å². The summed E-state index contributed by atoms with van der Waals surface area (Å²) in [5.74, 6) is -0.587. The van der Waals surface area contributed by atoms with Crippen LogP contribution in [0.5, 0.6) is 0 Å². The summed E-state index contributed by atoms with van der Waals surface area (Å²) in [6.45, 7) is 3.38. The highest BCUT2D eigenvalue weighted by Crippen LogP contribution is 2.12. The number of hydrogen-bond donors (Lipinski definition) is 2. The van der Waals surface area contributed by atoms with E-state index in [0.29, 0.717) is 0 Å². The number of aliphatic hydroxyl groups is 1. The third-order valence-corrected chi connectivity index (χ3v) is 5.37. The summed E-state index contributed by atoms with van der Waals surface area (Å²) in [6, 6.07) is 0. The molecule has 1 atom stereocenters. The lowest BCUT2D eigenvalue weighted by atomic mass is 10.0. The Morgan fingerprint density at radius 2 is 1.20 bits per heavy atom. The molecule has 0 bridgehead atoms. The highest BCUT2D eigenvalue weighted by Gasteiger charge is 2.15. The van der Waals surface area contributed by atoms with Gasteiger partial charge in [0.2, 0.25) is 0 Å². The van der Waals surface area contributed by atoms with Gasteiger partial charge in [0.15, 0.2) is 0 Å². The molecule has 0 aromatic heterocycles. The number of aliphatic hydroxyl groups excluding tert-OH is 1. The van der Waals surface area contributed by atoms with E-state index in [-0.39, 0.29) is 6.54 Å². The Morgan fingerprint density at radius 3 is 1.60 bits per heavy atom. The summed E-state index contributed by atoms with van der Waals surface area (Å²) >= 11 is 0. The fourth-order valence-corrected chi connectivity index (χ4v) is 3.74. The lowest BCUT2D eigenvalue weighted by Gasteiger charge is -2.19. The van der Waals surface area contributed by atoms with Crippen LogP contribution in [0.3, 0.4) is 0 Å². The van der Waals surface area contributed by atoms with Crippen molar-refractivity contribution in [1.29, 1.82) is 0 Å². The number of unbranched alkanes of at least 4 members (excludes halogenated alkanes) is 12. The molecule has 5 nitrogen and oxygen atoms in total.